The zero-order valence-electron chi connectivity index (χ0n) is 20.8. The van der Waals surface area contributed by atoms with Gasteiger partial charge in [-0.2, -0.15) is 10.1 Å². The van der Waals surface area contributed by atoms with E-state index in [4.69, 9.17) is 14.2 Å². The number of aromatic nitrogens is 4. The lowest BCUT2D eigenvalue weighted by Gasteiger charge is -2.10. The Balaban J connectivity index is 1.70. The zero-order valence-corrected chi connectivity index (χ0v) is 20.8. The fraction of sp³-hybridized carbons (Fsp3) is 0.280. The number of nitrogens with one attached hydrogen (secondary N) is 1. The molecule has 0 atom stereocenters. The van der Waals surface area contributed by atoms with Gasteiger partial charge in [-0.25, -0.2) is 10.2 Å². The maximum absolute atomic E-state index is 13.0. The van der Waals surface area contributed by atoms with Crippen molar-refractivity contribution in [2.75, 3.05) is 26.8 Å². The van der Waals surface area contributed by atoms with Crippen molar-refractivity contribution >= 4 is 23.3 Å². The molecule has 0 unspecified atom stereocenters. The van der Waals surface area contributed by atoms with Gasteiger partial charge in [0.1, 0.15) is 5.75 Å². The molecule has 2 heterocycles. The fourth-order valence-electron chi connectivity index (χ4n) is 3.88. The molecule has 0 aliphatic carbocycles. The molecular weight excluding hydrogens is 464 g/mol. The van der Waals surface area contributed by atoms with Crippen LogP contribution in [0.25, 0.3) is 11.2 Å². The summed E-state index contributed by atoms with van der Waals surface area (Å²) in [7, 11) is 7.79. The third-order valence-electron chi connectivity index (χ3n) is 5.92. The van der Waals surface area contributed by atoms with Crippen LogP contribution in [0.15, 0.2) is 57.2 Å². The molecule has 4 rings (SSSR count). The van der Waals surface area contributed by atoms with Crippen molar-refractivity contribution in [3.05, 3.63) is 74.4 Å². The average molecular weight is 493 g/mol. The molecule has 36 heavy (non-hydrogen) atoms. The first-order valence-corrected chi connectivity index (χ1v) is 11.2. The van der Waals surface area contributed by atoms with Gasteiger partial charge in [-0.15, -0.1) is 0 Å². The van der Waals surface area contributed by atoms with Crippen molar-refractivity contribution in [1.82, 2.24) is 18.7 Å². The van der Waals surface area contributed by atoms with Crippen LogP contribution in [-0.4, -0.2) is 46.2 Å². The molecule has 1 N–H and O–H groups in total. The van der Waals surface area contributed by atoms with Gasteiger partial charge >= 0.3 is 5.69 Å². The number of benzene rings is 2. The van der Waals surface area contributed by atoms with E-state index in [0.717, 1.165) is 21.4 Å². The van der Waals surface area contributed by atoms with Gasteiger partial charge in [0.05, 0.1) is 27.5 Å². The molecule has 0 aliphatic heterocycles. The Morgan fingerprint density at radius 2 is 1.67 bits per heavy atom. The first kappa shape index (κ1) is 24.6. The monoisotopic (exact) mass is 492 g/mol. The first-order chi connectivity index (χ1) is 17.4. The second-order valence-corrected chi connectivity index (χ2v) is 8.05. The fourth-order valence-corrected chi connectivity index (χ4v) is 3.88. The lowest BCUT2D eigenvalue weighted by atomic mass is 10.1. The standard InChI is InChI=1S/C25H28N6O5/c1-29-22-21(23(32)30(2)25(29)33)31(13-12-16-6-9-18(34-3)10-7-16)24(27-22)28-26-15-17-8-11-19(35-4)20(14-17)36-5/h6-11,14-15H,12-13H2,1-5H3,(H,27,28). The normalized spacial score (nSPS) is 11.2. The molecule has 0 bridgehead atoms. The lowest BCUT2D eigenvalue weighted by Crippen LogP contribution is -2.37. The van der Waals surface area contributed by atoms with Gasteiger partial charge < -0.3 is 18.8 Å². The Morgan fingerprint density at radius 1 is 0.944 bits per heavy atom. The number of hydrogen-bond acceptors (Lipinski definition) is 8. The number of fused-ring (bicyclic) bond motifs is 1. The highest BCUT2D eigenvalue weighted by atomic mass is 16.5. The summed E-state index contributed by atoms with van der Waals surface area (Å²) >= 11 is 0. The summed E-state index contributed by atoms with van der Waals surface area (Å²) in [5, 5.41) is 4.31. The van der Waals surface area contributed by atoms with E-state index >= 15 is 0 Å². The SMILES string of the molecule is COc1ccc(CCn2c(NN=Cc3ccc(OC)c(OC)c3)nc3c2c(=O)n(C)c(=O)n3C)cc1. The first-order valence-electron chi connectivity index (χ1n) is 11.2. The van der Waals surface area contributed by atoms with E-state index in [1.54, 1.807) is 51.3 Å². The number of hydrogen-bond donors (Lipinski definition) is 1. The highest BCUT2D eigenvalue weighted by molar-refractivity contribution is 5.82. The zero-order chi connectivity index (χ0) is 25.8. The third kappa shape index (κ3) is 4.67. The quantitative estimate of drug-likeness (QED) is 0.281. The third-order valence-corrected chi connectivity index (χ3v) is 5.92. The number of nitrogens with zero attached hydrogens (tertiary/aromatic N) is 5. The molecule has 0 saturated heterocycles. The van der Waals surface area contributed by atoms with Crippen LogP contribution in [0.5, 0.6) is 17.2 Å². The van der Waals surface area contributed by atoms with E-state index in [9.17, 15) is 9.59 Å². The van der Waals surface area contributed by atoms with E-state index in [1.807, 2.05) is 30.3 Å². The second-order valence-electron chi connectivity index (χ2n) is 8.05. The smallest absolute Gasteiger partial charge is 0.332 e. The van der Waals surface area contributed by atoms with E-state index in [2.05, 4.69) is 15.5 Å². The molecule has 2 aromatic carbocycles. The molecule has 0 spiro atoms. The van der Waals surface area contributed by atoms with E-state index in [0.29, 0.717) is 35.9 Å². The van der Waals surface area contributed by atoms with Crippen LogP contribution < -0.4 is 30.9 Å². The number of aryl methyl sites for hydroxylation is 3. The lowest BCUT2D eigenvalue weighted by molar-refractivity contribution is 0.355. The Bertz CT molecular complexity index is 1530. The summed E-state index contributed by atoms with van der Waals surface area (Å²) in [5.74, 6) is 2.29. The molecule has 0 aliphatic rings. The largest absolute Gasteiger partial charge is 0.497 e. The highest BCUT2D eigenvalue weighted by Crippen LogP contribution is 2.27. The Kier molecular flexibility index (Phi) is 7.09. The van der Waals surface area contributed by atoms with Gasteiger partial charge in [-0.05, 0) is 47.9 Å². The minimum absolute atomic E-state index is 0.279. The van der Waals surface area contributed by atoms with Crippen molar-refractivity contribution in [2.45, 2.75) is 13.0 Å². The van der Waals surface area contributed by atoms with Crippen molar-refractivity contribution in [2.24, 2.45) is 19.2 Å². The summed E-state index contributed by atoms with van der Waals surface area (Å²) in [5.41, 5.74) is 4.47. The van der Waals surface area contributed by atoms with Crippen molar-refractivity contribution in [1.29, 1.82) is 0 Å². The average Bonchev–Trinajstić information content (AvgIpc) is 3.28. The Labute approximate surface area is 207 Å². The summed E-state index contributed by atoms with van der Waals surface area (Å²) in [6.45, 7) is 0.435. The van der Waals surface area contributed by atoms with Crippen molar-refractivity contribution in [3.8, 4) is 17.2 Å². The number of ether oxygens (including phenoxy) is 3. The highest BCUT2D eigenvalue weighted by Gasteiger charge is 2.19. The summed E-state index contributed by atoms with van der Waals surface area (Å²) in [4.78, 5) is 30.0. The molecule has 11 nitrogen and oxygen atoms in total. The molecule has 2 aromatic heterocycles. The molecule has 11 heteroatoms. The molecule has 0 fully saturated rings. The molecular formula is C25H28N6O5. The number of hydrazone groups is 1. The van der Waals surface area contributed by atoms with Crippen molar-refractivity contribution in [3.63, 3.8) is 0 Å². The second kappa shape index (κ2) is 10.4. The van der Waals surface area contributed by atoms with Crippen LogP contribution in [0, 0.1) is 0 Å². The topological polar surface area (TPSA) is 114 Å². The number of rotatable bonds is 9. The number of anilines is 1. The minimum atomic E-state index is -0.451. The van der Waals surface area contributed by atoms with Crippen LogP contribution in [0.2, 0.25) is 0 Å². The molecule has 188 valence electrons. The van der Waals surface area contributed by atoms with Gasteiger partial charge in [0.25, 0.3) is 5.56 Å². The molecule has 0 radical (unpaired) electrons. The van der Waals surface area contributed by atoms with Crippen molar-refractivity contribution < 1.29 is 14.2 Å². The van der Waals surface area contributed by atoms with Gasteiger partial charge in [0, 0.05) is 20.6 Å². The van der Waals surface area contributed by atoms with Gasteiger partial charge in [0.2, 0.25) is 5.95 Å². The van der Waals surface area contributed by atoms with Gasteiger partial charge in [-0.3, -0.25) is 13.9 Å². The molecule has 4 aromatic rings. The van der Waals surface area contributed by atoms with E-state index < -0.39 is 11.2 Å². The minimum Gasteiger partial charge on any atom is -0.497 e. The number of imidazole rings is 1. The van der Waals surface area contributed by atoms with Crippen LogP contribution in [0.3, 0.4) is 0 Å². The predicted molar refractivity (Wildman–Crippen MR) is 138 cm³/mol. The van der Waals surface area contributed by atoms with Gasteiger partial charge in [-0.1, -0.05) is 12.1 Å². The van der Waals surface area contributed by atoms with E-state index in [1.165, 1.54) is 11.6 Å². The van der Waals surface area contributed by atoms with E-state index in [-0.39, 0.29) is 5.65 Å². The summed E-state index contributed by atoms with van der Waals surface area (Å²) < 4.78 is 20.0. The Morgan fingerprint density at radius 3 is 2.33 bits per heavy atom. The summed E-state index contributed by atoms with van der Waals surface area (Å²) in [6, 6.07) is 13.1. The predicted octanol–water partition coefficient (Wildman–Crippen LogP) is 2.15. The molecule has 0 amide bonds. The van der Waals surface area contributed by atoms with Crippen LogP contribution in [-0.2, 0) is 27.1 Å². The van der Waals surface area contributed by atoms with Gasteiger partial charge in [0.15, 0.2) is 22.7 Å². The summed E-state index contributed by atoms with van der Waals surface area (Å²) in [6.07, 6.45) is 2.22. The Hall–Kier alpha value is -4.54. The molecule has 0 saturated carbocycles. The maximum atomic E-state index is 13.0. The van der Waals surface area contributed by atoms with Crippen LogP contribution in [0.4, 0.5) is 5.95 Å². The number of methoxy groups -OCH3 is 3. The van der Waals surface area contributed by atoms with Crippen LogP contribution >= 0.6 is 0 Å². The maximum Gasteiger partial charge on any atom is 0.332 e. The van der Waals surface area contributed by atoms with Crippen LogP contribution in [0.1, 0.15) is 11.1 Å².